The van der Waals surface area contributed by atoms with E-state index in [1.807, 2.05) is 0 Å². The lowest BCUT2D eigenvalue weighted by Gasteiger charge is -2.24. The maximum Gasteiger partial charge on any atom is 0.349 e. The summed E-state index contributed by atoms with van der Waals surface area (Å²) < 4.78 is 43.7. The van der Waals surface area contributed by atoms with Crippen molar-refractivity contribution in [3.63, 3.8) is 0 Å². The molecule has 0 spiro atoms. The minimum Gasteiger partial charge on any atom is -0.476 e. The average Bonchev–Trinajstić information content (AvgIpc) is 2.47. The third-order valence-electron chi connectivity index (χ3n) is 3.03. The van der Waals surface area contributed by atoms with Gasteiger partial charge in [-0.25, -0.2) is 8.98 Å². The molecule has 0 aliphatic rings. The Kier molecular flexibility index (Phi) is 7.25. The maximum absolute atomic E-state index is 11.8. The first-order valence-electron chi connectivity index (χ1n) is 7.96. The van der Waals surface area contributed by atoms with E-state index in [0.29, 0.717) is 11.5 Å². The molecule has 0 saturated carbocycles. The molecule has 0 fully saturated rings. The highest BCUT2D eigenvalue weighted by molar-refractivity contribution is 7.86. The van der Waals surface area contributed by atoms with Crippen LogP contribution in [0, 0.1) is 5.92 Å². The van der Waals surface area contributed by atoms with Gasteiger partial charge in [0.1, 0.15) is 11.5 Å². The van der Waals surface area contributed by atoms with E-state index in [-0.39, 0.29) is 12.5 Å². The van der Waals surface area contributed by atoms with Crippen LogP contribution >= 0.6 is 0 Å². The lowest BCUT2D eigenvalue weighted by atomic mass is 10.1. The van der Waals surface area contributed by atoms with Gasteiger partial charge in [0.05, 0.1) is 12.9 Å². The highest BCUT2D eigenvalue weighted by Gasteiger charge is 2.31. The molecule has 1 atom stereocenters. The van der Waals surface area contributed by atoms with Crippen LogP contribution in [0.1, 0.15) is 34.6 Å². The maximum atomic E-state index is 11.8. The molecule has 0 aliphatic heterocycles. The fourth-order valence-electron chi connectivity index (χ4n) is 1.80. The summed E-state index contributed by atoms with van der Waals surface area (Å²) in [6.45, 7) is 8.80. The second-order valence-corrected chi connectivity index (χ2v) is 7.94. The van der Waals surface area contributed by atoms with Crippen molar-refractivity contribution in [2.24, 2.45) is 5.92 Å². The van der Waals surface area contributed by atoms with E-state index in [2.05, 4.69) is 0 Å². The third-order valence-corrected chi connectivity index (χ3v) is 3.57. The molecular formula is C17H26O7S. The van der Waals surface area contributed by atoms with Crippen molar-refractivity contribution in [1.29, 1.82) is 0 Å². The minimum absolute atomic E-state index is 0.173. The Bertz CT molecular complexity index is 663. The van der Waals surface area contributed by atoms with Gasteiger partial charge in [-0.3, -0.25) is 0 Å². The number of carbonyl (C=O) groups excluding carboxylic acids is 1. The molecule has 0 N–H and O–H groups in total. The number of esters is 1. The number of rotatable bonds is 9. The summed E-state index contributed by atoms with van der Waals surface area (Å²) in [4.78, 5) is 11.8. The van der Waals surface area contributed by atoms with E-state index in [0.717, 1.165) is 6.26 Å². The normalized spacial score (nSPS) is 13.4. The van der Waals surface area contributed by atoms with Crippen LogP contribution < -0.4 is 9.47 Å². The molecule has 0 aliphatic carbocycles. The summed E-state index contributed by atoms with van der Waals surface area (Å²) in [6.07, 6.45) is 0.0397. The van der Waals surface area contributed by atoms with Gasteiger partial charge in [-0.05, 0) is 45.0 Å². The van der Waals surface area contributed by atoms with Gasteiger partial charge in [-0.1, -0.05) is 13.8 Å². The average molecular weight is 374 g/mol. The van der Waals surface area contributed by atoms with Crippen LogP contribution in [0.2, 0.25) is 0 Å². The molecule has 0 amide bonds. The number of hydrogen-bond donors (Lipinski definition) is 0. The Labute approximate surface area is 149 Å². The molecule has 8 heteroatoms. The van der Waals surface area contributed by atoms with E-state index in [9.17, 15) is 13.2 Å². The molecule has 1 unspecified atom stereocenters. The molecule has 0 heterocycles. The summed E-state index contributed by atoms with van der Waals surface area (Å²) in [5, 5.41) is 0. The molecule has 7 nitrogen and oxygen atoms in total. The zero-order valence-electron chi connectivity index (χ0n) is 15.4. The zero-order valence-corrected chi connectivity index (χ0v) is 16.3. The van der Waals surface area contributed by atoms with Gasteiger partial charge in [0, 0.05) is 5.92 Å². The predicted octanol–water partition coefficient (Wildman–Crippen LogP) is 2.74. The molecular weight excluding hydrogens is 348 g/mol. The molecule has 1 rings (SSSR count). The second kappa shape index (κ2) is 8.53. The van der Waals surface area contributed by atoms with E-state index < -0.39 is 28.0 Å². The van der Waals surface area contributed by atoms with Crippen LogP contribution in [0.15, 0.2) is 24.3 Å². The van der Waals surface area contributed by atoms with Crippen LogP contribution in [-0.4, -0.2) is 39.1 Å². The van der Waals surface area contributed by atoms with Gasteiger partial charge in [-0.15, -0.1) is 0 Å². The van der Waals surface area contributed by atoms with Crippen LogP contribution in [0.3, 0.4) is 0 Å². The molecule has 1 aromatic rings. The fourth-order valence-corrected chi connectivity index (χ4v) is 2.41. The summed E-state index contributed by atoms with van der Waals surface area (Å²) in [6, 6.07) is 6.46. The van der Waals surface area contributed by atoms with E-state index in [1.165, 1.54) is 0 Å². The molecule has 0 radical (unpaired) electrons. The monoisotopic (exact) mass is 374 g/mol. The minimum atomic E-state index is -3.64. The SMILES string of the molecule is CCOC(=O)C(C)(C)Oc1ccc(OC(OS(C)(=O)=O)C(C)C)cc1. The summed E-state index contributed by atoms with van der Waals surface area (Å²) in [7, 11) is -3.64. The molecule has 1 aromatic carbocycles. The topological polar surface area (TPSA) is 88.1 Å². The first-order chi connectivity index (χ1) is 11.4. The number of carbonyl (C=O) groups is 1. The Balaban J connectivity index is 2.80. The molecule has 0 saturated heterocycles. The van der Waals surface area contributed by atoms with Crippen molar-refractivity contribution >= 4 is 16.1 Å². The van der Waals surface area contributed by atoms with Crippen molar-refractivity contribution < 1.29 is 31.6 Å². The van der Waals surface area contributed by atoms with E-state index >= 15 is 0 Å². The number of ether oxygens (including phenoxy) is 3. The second-order valence-electron chi connectivity index (χ2n) is 6.33. The Morgan fingerprint density at radius 1 is 1.12 bits per heavy atom. The van der Waals surface area contributed by atoms with Crippen LogP contribution in [0.25, 0.3) is 0 Å². The van der Waals surface area contributed by atoms with Gasteiger partial charge in [0.25, 0.3) is 10.1 Å². The van der Waals surface area contributed by atoms with Crippen molar-refractivity contribution in [1.82, 2.24) is 0 Å². The predicted molar refractivity (Wildman–Crippen MR) is 93.0 cm³/mol. The third kappa shape index (κ3) is 7.31. The smallest absolute Gasteiger partial charge is 0.349 e. The lowest BCUT2D eigenvalue weighted by Crippen LogP contribution is -2.39. The van der Waals surface area contributed by atoms with E-state index in [1.54, 1.807) is 58.9 Å². The van der Waals surface area contributed by atoms with Gasteiger partial charge in [0.15, 0.2) is 5.60 Å². The number of hydrogen-bond acceptors (Lipinski definition) is 7. The molecule has 25 heavy (non-hydrogen) atoms. The molecule has 0 bridgehead atoms. The zero-order chi connectivity index (χ0) is 19.3. The first-order valence-corrected chi connectivity index (χ1v) is 9.77. The van der Waals surface area contributed by atoms with Crippen LogP contribution in [0.4, 0.5) is 0 Å². The Hall–Kier alpha value is -1.80. The van der Waals surface area contributed by atoms with Crippen molar-refractivity contribution in [3.05, 3.63) is 24.3 Å². The highest BCUT2D eigenvalue weighted by atomic mass is 32.2. The van der Waals surface area contributed by atoms with Gasteiger partial charge in [0.2, 0.25) is 6.29 Å². The summed E-state index contributed by atoms with van der Waals surface area (Å²) in [5.74, 6) is 0.240. The quantitative estimate of drug-likeness (QED) is 0.373. The van der Waals surface area contributed by atoms with Crippen LogP contribution in [-0.2, 0) is 23.8 Å². The van der Waals surface area contributed by atoms with Crippen molar-refractivity contribution in [2.75, 3.05) is 12.9 Å². The van der Waals surface area contributed by atoms with Gasteiger partial charge < -0.3 is 14.2 Å². The summed E-state index contributed by atoms with van der Waals surface area (Å²) in [5.41, 5.74) is -1.13. The van der Waals surface area contributed by atoms with E-state index in [4.69, 9.17) is 18.4 Å². The van der Waals surface area contributed by atoms with Crippen molar-refractivity contribution in [2.45, 2.75) is 46.5 Å². The van der Waals surface area contributed by atoms with Gasteiger partial charge >= 0.3 is 5.97 Å². The summed E-state index contributed by atoms with van der Waals surface area (Å²) >= 11 is 0. The fraction of sp³-hybridized carbons (Fsp3) is 0.588. The van der Waals surface area contributed by atoms with Gasteiger partial charge in [-0.2, -0.15) is 8.42 Å². The number of benzene rings is 1. The molecule has 142 valence electrons. The highest BCUT2D eigenvalue weighted by Crippen LogP contribution is 2.24. The van der Waals surface area contributed by atoms with Crippen molar-refractivity contribution in [3.8, 4) is 11.5 Å². The first kappa shape index (κ1) is 21.2. The Morgan fingerprint density at radius 3 is 2.08 bits per heavy atom. The standard InChI is InChI=1S/C17H26O7S/c1-7-21-16(18)17(4,5)23-14-10-8-13(9-11-14)22-15(12(2)3)24-25(6,19)20/h8-12,15H,7H2,1-6H3. The Morgan fingerprint density at radius 2 is 1.64 bits per heavy atom. The lowest BCUT2D eigenvalue weighted by molar-refractivity contribution is -0.158. The molecule has 0 aromatic heterocycles. The largest absolute Gasteiger partial charge is 0.476 e. The van der Waals surface area contributed by atoms with Crippen LogP contribution in [0.5, 0.6) is 11.5 Å².